The Kier molecular flexibility index (Phi) is 3.08. The molecule has 1 atom stereocenters. The molecule has 0 radical (unpaired) electrons. The van der Waals surface area contributed by atoms with E-state index in [4.69, 9.17) is 5.73 Å². The van der Waals surface area contributed by atoms with Crippen LogP contribution in [0, 0.1) is 0 Å². The van der Waals surface area contributed by atoms with Gasteiger partial charge in [-0.15, -0.1) is 0 Å². The maximum atomic E-state index is 10.7. The Labute approximate surface area is 77.7 Å². The summed E-state index contributed by atoms with van der Waals surface area (Å²) in [4.78, 5) is 10.7. The lowest BCUT2D eigenvalue weighted by molar-refractivity contribution is -0.119. The lowest BCUT2D eigenvalue weighted by Gasteiger charge is -2.10. The average molecular weight is 181 g/mol. The standard InChI is InChI=1S/C9H15N3O/c1-7(9(10)13)11-6-8-4-3-5-12(8)2/h3-5,7,11H,6H2,1-2H3,(H2,10,13). The molecular formula is C9H15N3O. The minimum absolute atomic E-state index is 0.282. The fourth-order valence-electron chi connectivity index (χ4n) is 1.04. The van der Waals surface area contributed by atoms with Crippen LogP contribution in [0.15, 0.2) is 18.3 Å². The minimum atomic E-state index is -0.325. The van der Waals surface area contributed by atoms with Crippen LogP contribution in [0.4, 0.5) is 0 Å². The summed E-state index contributed by atoms with van der Waals surface area (Å²) in [5.74, 6) is -0.325. The van der Waals surface area contributed by atoms with Crippen molar-refractivity contribution < 1.29 is 4.79 Å². The zero-order valence-corrected chi connectivity index (χ0v) is 7.95. The van der Waals surface area contributed by atoms with Crippen LogP contribution in [0.1, 0.15) is 12.6 Å². The van der Waals surface area contributed by atoms with Gasteiger partial charge >= 0.3 is 0 Å². The summed E-state index contributed by atoms with van der Waals surface area (Å²) in [5.41, 5.74) is 6.24. The Bertz CT molecular complexity index is 293. The van der Waals surface area contributed by atoms with Crippen LogP contribution in [0.2, 0.25) is 0 Å². The molecule has 0 saturated carbocycles. The fraction of sp³-hybridized carbons (Fsp3) is 0.444. The van der Waals surface area contributed by atoms with E-state index in [2.05, 4.69) is 5.32 Å². The molecule has 0 aliphatic carbocycles. The molecule has 1 aromatic heterocycles. The van der Waals surface area contributed by atoms with Gasteiger partial charge in [0.2, 0.25) is 5.91 Å². The van der Waals surface area contributed by atoms with Gasteiger partial charge in [0.25, 0.3) is 0 Å². The summed E-state index contributed by atoms with van der Waals surface area (Å²) in [6.45, 7) is 2.42. The van der Waals surface area contributed by atoms with Crippen LogP contribution in [0.25, 0.3) is 0 Å². The van der Waals surface area contributed by atoms with E-state index in [1.807, 2.05) is 29.9 Å². The average Bonchev–Trinajstić information content (AvgIpc) is 2.47. The maximum absolute atomic E-state index is 10.7. The summed E-state index contributed by atoms with van der Waals surface area (Å²) < 4.78 is 2.00. The summed E-state index contributed by atoms with van der Waals surface area (Å²) in [6, 6.07) is 3.68. The molecule has 72 valence electrons. The molecule has 1 rings (SSSR count). The van der Waals surface area contributed by atoms with Gasteiger partial charge in [-0.2, -0.15) is 0 Å². The van der Waals surface area contributed by atoms with E-state index in [0.717, 1.165) is 5.69 Å². The van der Waals surface area contributed by atoms with Crippen molar-refractivity contribution in [3.8, 4) is 0 Å². The van der Waals surface area contributed by atoms with Gasteiger partial charge in [0.15, 0.2) is 0 Å². The first-order chi connectivity index (χ1) is 6.11. The highest BCUT2D eigenvalue weighted by Gasteiger charge is 2.07. The predicted octanol–water partition coefficient (Wildman–Crippen LogP) is -0.0115. The molecule has 0 spiro atoms. The number of nitrogens with two attached hydrogens (primary N) is 1. The van der Waals surface area contributed by atoms with Gasteiger partial charge in [-0.3, -0.25) is 4.79 Å². The van der Waals surface area contributed by atoms with Gasteiger partial charge in [-0.05, 0) is 19.1 Å². The van der Waals surface area contributed by atoms with Crippen LogP contribution in [0.5, 0.6) is 0 Å². The molecule has 0 aromatic carbocycles. The monoisotopic (exact) mass is 181 g/mol. The third-order valence-electron chi connectivity index (χ3n) is 2.07. The van der Waals surface area contributed by atoms with E-state index in [1.54, 1.807) is 6.92 Å². The Morgan fingerprint density at radius 1 is 1.77 bits per heavy atom. The Balaban J connectivity index is 2.44. The van der Waals surface area contributed by atoms with Crippen molar-refractivity contribution >= 4 is 5.91 Å². The third-order valence-corrected chi connectivity index (χ3v) is 2.07. The van der Waals surface area contributed by atoms with Crippen LogP contribution < -0.4 is 11.1 Å². The molecule has 0 saturated heterocycles. The normalized spacial score (nSPS) is 12.8. The molecule has 1 heterocycles. The van der Waals surface area contributed by atoms with E-state index in [-0.39, 0.29) is 11.9 Å². The van der Waals surface area contributed by atoms with Gasteiger partial charge in [-0.1, -0.05) is 0 Å². The van der Waals surface area contributed by atoms with Gasteiger partial charge < -0.3 is 15.6 Å². The topological polar surface area (TPSA) is 60.1 Å². The first-order valence-electron chi connectivity index (χ1n) is 4.24. The van der Waals surface area contributed by atoms with Crippen LogP contribution >= 0.6 is 0 Å². The molecule has 4 nitrogen and oxygen atoms in total. The van der Waals surface area contributed by atoms with Crippen LogP contribution in [0.3, 0.4) is 0 Å². The summed E-state index contributed by atoms with van der Waals surface area (Å²) in [5, 5.41) is 3.03. The first kappa shape index (κ1) is 9.80. The van der Waals surface area contributed by atoms with Crippen molar-refractivity contribution in [1.82, 2.24) is 9.88 Å². The number of nitrogens with zero attached hydrogens (tertiary/aromatic N) is 1. The number of nitrogens with one attached hydrogen (secondary N) is 1. The highest BCUT2D eigenvalue weighted by Crippen LogP contribution is 1.98. The smallest absolute Gasteiger partial charge is 0.234 e. The number of amides is 1. The van der Waals surface area contributed by atoms with Gasteiger partial charge in [0.1, 0.15) is 0 Å². The number of hydrogen-bond acceptors (Lipinski definition) is 2. The highest BCUT2D eigenvalue weighted by molar-refractivity contribution is 5.79. The zero-order valence-electron chi connectivity index (χ0n) is 7.95. The van der Waals surface area contributed by atoms with Crippen LogP contribution in [-0.4, -0.2) is 16.5 Å². The number of carbonyl (C=O) groups excluding carboxylic acids is 1. The van der Waals surface area contributed by atoms with Gasteiger partial charge in [0.05, 0.1) is 6.04 Å². The molecule has 0 aliphatic heterocycles. The van der Waals surface area contributed by atoms with Crippen molar-refractivity contribution in [3.05, 3.63) is 24.0 Å². The van der Waals surface area contributed by atoms with E-state index < -0.39 is 0 Å². The Hall–Kier alpha value is -1.29. The number of primary amides is 1. The molecule has 0 aliphatic rings. The second-order valence-electron chi connectivity index (χ2n) is 3.12. The minimum Gasteiger partial charge on any atom is -0.368 e. The summed E-state index contributed by atoms with van der Waals surface area (Å²) in [7, 11) is 1.96. The van der Waals surface area contributed by atoms with Crippen molar-refractivity contribution in [2.75, 3.05) is 0 Å². The van der Waals surface area contributed by atoms with Crippen LogP contribution in [-0.2, 0) is 18.4 Å². The highest BCUT2D eigenvalue weighted by atomic mass is 16.1. The number of hydrogen-bond donors (Lipinski definition) is 2. The first-order valence-corrected chi connectivity index (χ1v) is 4.24. The zero-order chi connectivity index (χ0) is 9.84. The van der Waals surface area contributed by atoms with Gasteiger partial charge in [-0.25, -0.2) is 0 Å². The van der Waals surface area contributed by atoms with E-state index >= 15 is 0 Å². The van der Waals surface area contributed by atoms with E-state index in [9.17, 15) is 4.79 Å². The number of aromatic nitrogens is 1. The largest absolute Gasteiger partial charge is 0.368 e. The SMILES string of the molecule is CC(NCc1cccn1C)C(N)=O. The molecule has 1 unspecified atom stereocenters. The number of aryl methyl sites for hydroxylation is 1. The molecular weight excluding hydrogens is 166 g/mol. The van der Waals surface area contributed by atoms with Gasteiger partial charge in [0, 0.05) is 25.5 Å². The quantitative estimate of drug-likeness (QED) is 0.686. The second-order valence-corrected chi connectivity index (χ2v) is 3.12. The molecule has 1 amide bonds. The third kappa shape index (κ3) is 2.59. The van der Waals surface area contributed by atoms with Crippen molar-refractivity contribution in [2.45, 2.75) is 19.5 Å². The number of rotatable bonds is 4. The van der Waals surface area contributed by atoms with Crippen molar-refractivity contribution in [3.63, 3.8) is 0 Å². The fourth-order valence-corrected chi connectivity index (χ4v) is 1.04. The van der Waals surface area contributed by atoms with Crippen molar-refractivity contribution in [2.24, 2.45) is 12.8 Å². The predicted molar refractivity (Wildman–Crippen MR) is 50.9 cm³/mol. The lowest BCUT2D eigenvalue weighted by Crippen LogP contribution is -2.38. The molecule has 3 N–H and O–H groups in total. The molecule has 13 heavy (non-hydrogen) atoms. The Morgan fingerprint density at radius 2 is 2.46 bits per heavy atom. The molecule has 1 aromatic rings. The second kappa shape index (κ2) is 4.09. The van der Waals surface area contributed by atoms with E-state index in [0.29, 0.717) is 6.54 Å². The Morgan fingerprint density at radius 3 is 2.92 bits per heavy atom. The lowest BCUT2D eigenvalue weighted by atomic mass is 10.3. The molecule has 0 bridgehead atoms. The number of carbonyl (C=O) groups is 1. The summed E-state index contributed by atoms with van der Waals surface area (Å²) >= 11 is 0. The summed E-state index contributed by atoms with van der Waals surface area (Å²) in [6.07, 6.45) is 1.96. The van der Waals surface area contributed by atoms with Crippen molar-refractivity contribution in [1.29, 1.82) is 0 Å². The molecule has 4 heteroatoms. The molecule has 0 fully saturated rings. The maximum Gasteiger partial charge on any atom is 0.234 e. The van der Waals surface area contributed by atoms with E-state index in [1.165, 1.54) is 0 Å².